The number of aryl methyl sites for hydroxylation is 1. The Morgan fingerprint density at radius 1 is 0.913 bits per heavy atom. The summed E-state index contributed by atoms with van der Waals surface area (Å²) in [5.74, 6) is 0.797. The van der Waals surface area contributed by atoms with E-state index in [1.165, 1.54) is 54.4 Å². The number of benzene rings is 2. The Bertz CT molecular complexity index is 621. The smallest absolute Gasteiger partial charge is 0.0346 e. The molecule has 0 saturated heterocycles. The van der Waals surface area contributed by atoms with Gasteiger partial charge in [-0.15, -0.1) is 0 Å². The second kappa shape index (κ2) is 7.68. The number of rotatable bonds is 5. The lowest BCUT2D eigenvalue weighted by Gasteiger charge is -2.22. The van der Waals surface area contributed by atoms with Crippen LogP contribution >= 0.6 is 0 Å². The van der Waals surface area contributed by atoms with Crippen molar-refractivity contribution < 1.29 is 0 Å². The summed E-state index contributed by atoms with van der Waals surface area (Å²) in [6.45, 7) is 2.20. The van der Waals surface area contributed by atoms with Crippen LogP contribution in [0.4, 0.5) is 5.69 Å². The minimum atomic E-state index is 0.797. The van der Waals surface area contributed by atoms with Crippen molar-refractivity contribution in [1.29, 1.82) is 0 Å². The van der Waals surface area contributed by atoms with Crippen molar-refractivity contribution in [2.45, 2.75) is 64.2 Å². The molecule has 1 saturated carbocycles. The summed E-state index contributed by atoms with van der Waals surface area (Å²) >= 11 is 0. The fourth-order valence-corrected chi connectivity index (χ4v) is 3.83. The van der Waals surface area contributed by atoms with Crippen LogP contribution in [-0.2, 0) is 12.8 Å². The average molecular weight is 307 g/mol. The summed E-state index contributed by atoms with van der Waals surface area (Å²) in [5, 5.41) is 0. The molecule has 0 atom stereocenters. The topological polar surface area (TPSA) is 26.0 Å². The Labute approximate surface area is 140 Å². The standard InChI is InChI=1S/C22H29N/c1-2-6-21-16-18(11-14-22(21)23)15-17-9-12-20(13-10-17)19-7-4-3-5-8-19/h9-14,16,19H,2-8,15,23H2,1H3. The number of nitrogens with two attached hydrogens (primary N) is 1. The van der Waals surface area contributed by atoms with Gasteiger partial charge in [0.05, 0.1) is 0 Å². The molecule has 0 heterocycles. The summed E-state index contributed by atoms with van der Waals surface area (Å²) < 4.78 is 0. The van der Waals surface area contributed by atoms with Gasteiger partial charge < -0.3 is 5.73 Å². The highest BCUT2D eigenvalue weighted by Gasteiger charge is 2.15. The molecular weight excluding hydrogens is 278 g/mol. The van der Waals surface area contributed by atoms with Crippen molar-refractivity contribution in [2.75, 3.05) is 5.73 Å². The first-order valence-corrected chi connectivity index (χ1v) is 9.22. The van der Waals surface area contributed by atoms with Gasteiger partial charge in [-0.3, -0.25) is 0 Å². The highest BCUT2D eigenvalue weighted by atomic mass is 14.6. The van der Waals surface area contributed by atoms with Crippen molar-refractivity contribution in [3.63, 3.8) is 0 Å². The Balaban J connectivity index is 1.69. The van der Waals surface area contributed by atoms with E-state index < -0.39 is 0 Å². The van der Waals surface area contributed by atoms with E-state index in [1.54, 1.807) is 0 Å². The quantitative estimate of drug-likeness (QED) is 0.688. The minimum absolute atomic E-state index is 0.797. The van der Waals surface area contributed by atoms with Gasteiger partial charge in [0.2, 0.25) is 0 Å². The maximum Gasteiger partial charge on any atom is 0.0346 e. The van der Waals surface area contributed by atoms with Gasteiger partial charge in [0.1, 0.15) is 0 Å². The Hall–Kier alpha value is -1.76. The van der Waals surface area contributed by atoms with Crippen LogP contribution in [-0.4, -0.2) is 0 Å². The molecule has 1 nitrogen and oxygen atoms in total. The van der Waals surface area contributed by atoms with Crippen LogP contribution in [0.5, 0.6) is 0 Å². The fraction of sp³-hybridized carbons (Fsp3) is 0.455. The van der Waals surface area contributed by atoms with Crippen molar-refractivity contribution in [1.82, 2.24) is 0 Å². The van der Waals surface area contributed by atoms with Crippen LogP contribution in [0.2, 0.25) is 0 Å². The Kier molecular flexibility index (Phi) is 5.38. The third-order valence-electron chi connectivity index (χ3n) is 5.19. The molecule has 1 fully saturated rings. The van der Waals surface area contributed by atoms with Gasteiger partial charge in [0.25, 0.3) is 0 Å². The van der Waals surface area contributed by atoms with Crippen molar-refractivity contribution >= 4 is 5.69 Å². The van der Waals surface area contributed by atoms with E-state index >= 15 is 0 Å². The first-order chi connectivity index (χ1) is 11.3. The van der Waals surface area contributed by atoms with Crippen LogP contribution in [0.1, 0.15) is 73.6 Å². The summed E-state index contributed by atoms with van der Waals surface area (Å²) in [6.07, 6.45) is 10.2. The van der Waals surface area contributed by atoms with Gasteiger partial charge in [-0.25, -0.2) is 0 Å². The molecule has 0 aliphatic heterocycles. The number of hydrogen-bond acceptors (Lipinski definition) is 1. The van der Waals surface area contributed by atoms with E-state index in [4.69, 9.17) is 5.73 Å². The first-order valence-electron chi connectivity index (χ1n) is 9.22. The molecule has 2 aromatic rings. The van der Waals surface area contributed by atoms with Gasteiger partial charge in [0, 0.05) is 5.69 Å². The lowest BCUT2D eigenvalue weighted by molar-refractivity contribution is 0.443. The van der Waals surface area contributed by atoms with Crippen molar-refractivity contribution in [3.8, 4) is 0 Å². The second-order valence-corrected chi connectivity index (χ2v) is 7.04. The molecule has 0 bridgehead atoms. The second-order valence-electron chi connectivity index (χ2n) is 7.04. The lowest BCUT2D eigenvalue weighted by atomic mass is 9.84. The fourth-order valence-electron chi connectivity index (χ4n) is 3.83. The first kappa shape index (κ1) is 16.1. The van der Waals surface area contributed by atoms with Gasteiger partial charge in [0.15, 0.2) is 0 Å². The number of nitrogen functional groups attached to an aromatic ring is 1. The van der Waals surface area contributed by atoms with Crippen LogP contribution in [0.3, 0.4) is 0 Å². The zero-order chi connectivity index (χ0) is 16.1. The lowest BCUT2D eigenvalue weighted by Crippen LogP contribution is -2.04. The van der Waals surface area contributed by atoms with E-state index in [2.05, 4.69) is 49.4 Å². The molecule has 1 aliphatic carbocycles. The molecule has 1 aliphatic rings. The normalized spacial score (nSPS) is 15.7. The predicted octanol–water partition coefficient (Wildman–Crippen LogP) is 5.86. The van der Waals surface area contributed by atoms with Gasteiger partial charge in [-0.1, -0.05) is 69.0 Å². The average Bonchev–Trinajstić information content (AvgIpc) is 2.60. The molecule has 0 unspecified atom stereocenters. The zero-order valence-electron chi connectivity index (χ0n) is 14.4. The summed E-state index contributed by atoms with van der Waals surface area (Å²) in [4.78, 5) is 0. The van der Waals surface area contributed by atoms with Crippen LogP contribution < -0.4 is 5.73 Å². The monoisotopic (exact) mass is 307 g/mol. The minimum Gasteiger partial charge on any atom is -0.399 e. The van der Waals surface area contributed by atoms with Crippen molar-refractivity contribution in [3.05, 3.63) is 64.7 Å². The molecule has 1 heteroatoms. The summed E-state index contributed by atoms with van der Waals surface area (Å²) in [5.41, 5.74) is 12.6. The SMILES string of the molecule is CCCc1cc(Cc2ccc(C3CCCCC3)cc2)ccc1N. The molecule has 0 spiro atoms. The molecule has 0 radical (unpaired) electrons. The van der Waals surface area contributed by atoms with E-state index in [0.717, 1.165) is 30.9 Å². The zero-order valence-corrected chi connectivity index (χ0v) is 14.4. The summed E-state index contributed by atoms with van der Waals surface area (Å²) in [6, 6.07) is 15.9. The van der Waals surface area contributed by atoms with E-state index in [1.807, 2.05) is 0 Å². The van der Waals surface area contributed by atoms with E-state index in [0.29, 0.717) is 0 Å². The third-order valence-corrected chi connectivity index (χ3v) is 5.19. The van der Waals surface area contributed by atoms with Gasteiger partial charge in [-0.2, -0.15) is 0 Å². The summed E-state index contributed by atoms with van der Waals surface area (Å²) in [7, 11) is 0. The molecular formula is C22H29N. The van der Waals surface area contributed by atoms with Crippen LogP contribution in [0.25, 0.3) is 0 Å². The van der Waals surface area contributed by atoms with Crippen LogP contribution in [0, 0.1) is 0 Å². The van der Waals surface area contributed by atoms with E-state index in [9.17, 15) is 0 Å². The molecule has 122 valence electrons. The molecule has 23 heavy (non-hydrogen) atoms. The van der Waals surface area contributed by atoms with E-state index in [-0.39, 0.29) is 0 Å². The third kappa shape index (κ3) is 4.16. The largest absolute Gasteiger partial charge is 0.399 e. The Morgan fingerprint density at radius 2 is 1.61 bits per heavy atom. The molecule has 2 aromatic carbocycles. The molecule has 0 aromatic heterocycles. The highest BCUT2D eigenvalue weighted by molar-refractivity contribution is 5.49. The van der Waals surface area contributed by atoms with Gasteiger partial charge in [-0.05, 0) is 59.9 Å². The van der Waals surface area contributed by atoms with Crippen molar-refractivity contribution in [2.24, 2.45) is 0 Å². The van der Waals surface area contributed by atoms with Crippen LogP contribution in [0.15, 0.2) is 42.5 Å². The number of hydrogen-bond donors (Lipinski definition) is 1. The maximum absolute atomic E-state index is 6.07. The molecule has 3 rings (SSSR count). The predicted molar refractivity (Wildman–Crippen MR) is 99.9 cm³/mol. The Morgan fingerprint density at radius 3 is 2.30 bits per heavy atom. The molecule has 0 amide bonds. The molecule has 2 N–H and O–H groups in total. The highest BCUT2D eigenvalue weighted by Crippen LogP contribution is 2.32. The maximum atomic E-state index is 6.07. The van der Waals surface area contributed by atoms with Gasteiger partial charge >= 0.3 is 0 Å². The number of anilines is 1.